The molecule has 4 aromatic carbocycles. The Labute approximate surface area is 625 Å². The number of carboxylic acids is 1. The van der Waals surface area contributed by atoms with Gasteiger partial charge in [-0.15, -0.1) is 0 Å². The minimum atomic E-state index is -2.99. The number of pyridine rings is 4. The van der Waals surface area contributed by atoms with E-state index in [1.807, 2.05) is 68.4 Å². The molecule has 8 aromatic heterocycles. The van der Waals surface area contributed by atoms with Gasteiger partial charge in [0.2, 0.25) is 0 Å². The summed E-state index contributed by atoms with van der Waals surface area (Å²) < 4.78 is 38.6. The molecule has 0 spiro atoms. The fourth-order valence-electron chi connectivity index (χ4n) is 16.7. The molecule has 16 rings (SSSR count). The lowest BCUT2D eigenvalue weighted by atomic mass is 9.94. The Morgan fingerprint density at radius 1 is 0.514 bits per heavy atom. The maximum Gasteiger partial charge on any atom is 0.312 e. The Morgan fingerprint density at radius 2 is 0.907 bits per heavy atom. The van der Waals surface area contributed by atoms with Crippen LogP contribution in [0.25, 0.3) is 43.6 Å². The summed E-state index contributed by atoms with van der Waals surface area (Å²) in [7, 11) is 12.2. The van der Waals surface area contributed by atoms with E-state index in [4.69, 9.17) is 5.73 Å². The maximum absolute atomic E-state index is 15.1. The SMILES string of the molecule is Cc1ccc2c(c1)c1c(n2CC(C(=O)O)c2ccncc2)CCN(C)C1.Cc1ccc2c(c1)c1c(n2CC(C)(O)c2cccnc2)C(F)(F)CN(C)C1.Cc1ccc2c(c1)c1c(n2CC(O)(CN(C)C)c2cccnc2)CCN(C)C1.Cc1ccc2c(c1)c1c(n2CC(O)(CN)c2cccnc2)CCN(C)C1. The summed E-state index contributed by atoms with van der Waals surface area (Å²) in [5.74, 6) is -4.37. The van der Waals surface area contributed by atoms with E-state index in [9.17, 15) is 25.2 Å². The predicted octanol–water partition coefficient (Wildman–Crippen LogP) is 12.0. The van der Waals surface area contributed by atoms with Gasteiger partial charge in [0, 0.05) is 217 Å². The number of hydrogen-bond donors (Lipinski definition) is 5. The third-order valence-electron chi connectivity index (χ3n) is 22.0. The number of aryl methyl sites for hydroxylation is 4. The van der Waals surface area contributed by atoms with E-state index in [2.05, 4.69) is 145 Å². The molecule has 4 aliphatic rings. The molecule has 19 nitrogen and oxygen atoms in total. The molecule has 21 heteroatoms. The summed E-state index contributed by atoms with van der Waals surface area (Å²) in [6.07, 6.45) is 16.4. The minimum absolute atomic E-state index is 0.0189. The van der Waals surface area contributed by atoms with Crippen LogP contribution in [-0.2, 0) is 99.1 Å². The van der Waals surface area contributed by atoms with Gasteiger partial charge in [-0.1, -0.05) is 64.7 Å². The Morgan fingerprint density at radius 3 is 1.33 bits per heavy atom. The smallest absolute Gasteiger partial charge is 0.312 e. The molecule has 0 radical (unpaired) electrons. The molecule has 560 valence electrons. The number of halogens is 2. The zero-order valence-electron chi connectivity index (χ0n) is 63.6. The van der Waals surface area contributed by atoms with Gasteiger partial charge < -0.3 is 64.0 Å². The summed E-state index contributed by atoms with van der Waals surface area (Å²) in [5, 5.41) is 48.7. The minimum Gasteiger partial charge on any atom is -0.481 e. The number of alkyl halides is 2. The number of nitrogens with zero attached hydrogens (tertiary/aromatic N) is 13. The molecule has 0 amide bonds. The lowest BCUT2D eigenvalue weighted by Gasteiger charge is -2.33. The largest absolute Gasteiger partial charge is 0.481 e. The lowest BCUT2D eigenvalue weighted by Crippen LogP contribution is -2.42. The Kier molecular flexibility index (Phi) is 22.0. The fourth-order valence-corrected chi connectivity index (χ4v) is 16.7. The molecule has 0 bridgehead atoms. The van der Waals surface area contributed by atoms with Crippen molar-refractivity contribution in [1.29, 1.82) is 0 Å². The molecule has 4 aliphatic heterocycles. The van der Waals surface area contributed by atoms with Gasteiger partial charge in [0.25, 0.3) is 0 Å². The number of fused-ring (bicyclic) bond motifs is 12. The van der Waals surface area contributed by atoms with Crippen LogP contribution in [0.1, 0.15) is 102 Å². The number of aromatic nitrogens is 8. The van der Waals surface area contributed by atoms with Gasteiger partial charge in [-0.25, -0.2) is 0 Å². The standard InChI is InChI=1S/C23H30N4O.C21H23F2N3O.C21H26N4O.C21H23N3O2/c1-17-7-8-21-19(12-17)20-14-26(4)11-9-22(20)27(21)16-23(28,15-25(2)3)18-6-5-10-24-13-18;1-14-6-7-18-16(9-14)17-11-25(3)13-21(22,23)19(17)26(18)12-20(2,27)15-5-4-8-24-10-15;1-15-5-6-19-17(10-15)18-12-24(2)9-7-20(18)25(19)14-21(26,13-22)16-4-3-8-23-11-16;1-14-3-4-19-16(11-14)18-12-23(2)10-7-20(18)24(19)13-17(21(25)26)15-5-8-22-9-6-15/h5-8,10,12-13,28H,9,11,14-16H2,1-4H3;4-10,27H,11-13H2,1-3H3;3-6,8,10-11,26H,7,9,12-14,22H2,1-2H3;3-6,8-9,11,17H,7,10,12-13H2,1-2H3,(H,25,26). The van der Waals surface area contributed by atoms with Crippen LogP contribution in [0.5, 0.6) is 0 Å². The number of rotatable bonds is 16. The number of nitrogens with two attached hydrogens (primary N) is 1. The van der Waals surface area contributed by atoms with E-state index in [0.717, 1.165) is 97.2 Å². The Bertz CT molecular complexity index is 5160. The van der Waals surface area contributed by atoms with Crippen molar-refractivity contribution in [2.45, 2.75) is 135 Å². The summed E-state index contributed by atoms with van der Waals surface area (Å²) in [6, 6.07) is 40.2. The van der Waals surface area contributed by atoms with Gasteiger partial charge in [0.1, 0.15) is 16.8 Å². The van der Waals surface area contributed by atoms with Crippen LogP contribution in [0.3, 0.4) is 0 Å². The van der Waals surface area contributed by atoms with Gasteiger partial charge >= 0.3 is 11.9 Å². The van der Waals surface area contributed by atoms with Crippen molar-refractivity contribution in [3.05, 3.63) is 260 Å². The van der Waals surface area contributed by atoms with E-state index in [1.165, 1.54) is 77.7 Å². The van der Waals surface area contributed by atoms with E-state index < -0.39 is 34.6 Å². The second kappa shape index (κ2) is 31.1. The number of carbonyl (C=O) groups is 1. The highest BCUT2D eigenvalue weighted by atomic mass is 19.3. The van der Waals surface area contributed by atoms with Crippen molar-refractivity contribution in [3.8, 4) is 0 Å². The van der Waals surface area contributed by atoms with Gasteiger partial charge in [0.15, 0.2) is 0 Å². The molecule has 0 fully saturated rings. The van der Waals surface area contributed by atoms with Gasteiger partial charge in [-0.3, -0.25) is 29.6 Å². The quantitative estimate of drug-likeness (QED) is 0.0609. The molecule has 4 atom stereocenters. The molecule has 4 unspecified atom stereocenters. The highest BCUT2D eigenvalue weighted by Crippen LogP contribution is 2.44. The number of aliphatic carboxylic acids is 1. The van der Waals surface area contributed by atoms with Gasteiger partial charge in [-0.2, -0.15) is 8.78 Å². The Hall–Kier alpha value is -9.39. The third kappa shape index (κ3) is 15.8. The van der Waals surface area contributed by atoms with Crippen molar-refractivity contribution in [2.75, 3.05) is 81.6 Å². The molecule has 6 N–H and O–H groups in total. The molecule has 12 heterocycles. The van der Waals surface area contributed by atoms with E-state index in [-0.39, 0.29) is 25.3 Å². The van der Waals surface area contributed by atoms with E-state index in [1.54, 1.807) is 97.3 Å². The number of aliphatic hydroxyl groups is 3. The highest BCUT2D eigenvalue weighted by molar-refractivity contribution is 5.90. The van der Waals surface area contributed by atoms with Crippen LogP contribution in [-0.4, -0.2) is 171 Å². The third-order valence-corrected chi connectivity index (χ3v) is 22.0. The highest BCUT2D eigenvalue weighted by Gasteiger charge is 2.45. The predicted molar refractivity (Wildman–Crippen MR) is 419 cm³/mol. The van der Waals surface area contributed by atoms with Crippen LogP contribution in [0, 0.1) is 27.7 Å². The molecular formula is C86H102F2N14O5. The molecule has 12 aromatic rings. The van der Waals surface area contributed by atoms with Crippen molar-refractivity contribution >= 4 is 49.6 Å². The van der Waals surface area contributed by atoms with Gasteiger partial charge in [0.05, 0.1) is 37.8 Å². The first-order valence-corrected chi connectivity index (χ1v) is 37.0. The lowest BCUT2D eigenvalue weighted by molar-refractivity contribution is -0.139. The molecular weight excluding hydrogens is 1350 g/mol. The zero-order chi connectivity index (χ0) is 75.9. The molecule has 107 heavy (non-hydrogen) atoms. The average molecular weight is 1450 g/mol. The second-order valence-electron chi connectivity index (χ2n) is 31.1. The first kappa shape index (κ1) is 75.8. The number of hydrogen-bond acceptors (Lipinski definition) is 14. The number of likely N-dealkylation sites (N-methyl/N-ethyl adjacent to an activating group) is 5. The first-order chi connectivity index (χ1) is 51.1. The van der Waals surface area contributed by atoms with Crippen LogP contribution < -0.4 is 5.73 Å². The monoisotopic (exact) mass is 1450 g/mol. The van der Waals surface area contributed by atoms with Crippen LogP contribution in [0.15, 0.2) is 171 Å². The molecule has 0 saturated carbocycles. The zero-order valence-corrected chi connectivity index (χ0v) is 63.6. The fraction of sp³-hybridized carbons (Fsp3) is 0.384. The number of benzene rings is 4. The van der Waals surface area contributed by atoms with E-state index >= 15 is 8.78 Å². The van der Waals surface area contributed by atoms with Crippen molar-refractivity contribution in [3.63, 3.8) is 0 Å². The van der Waals surface area contributed by atoms with Crippen molar-refractivity contribution in [2.24, 2.45) is 5.73 Å². The normalized spacial score (nSPS) is 17.3. The summed E-state index contributed by atoms with van der Waals surface area (Å²) >= 11 is 0. The van der Waals surface area contributed by atoms with Crippen molar-refractivity contribution in [1.82, 2.24) is 62.7 Å². The van der Waals surface area contributed by atoms with E-state index in [0.29, 0.717) is 43.9 Å². The van der Waals surface area contributed by atoms with Gasteiger partial charge in [-0.05, 0) is 178 Å². The maximum atomic E-state index is 15.1. The number of carboxylic acid groups (broad SMARTS) is 1. The summed E-state index contributed by atoms with van der Waals surface area (Å²) in [6.45, 7) is 18.1. The Balaban J connectivity index is 0.000000126. The molecule has 0 aliphatic carbocycles. The van der Waals surface area contributed by atoms with Crippen LogP contribution >= 0.6 is 0 Å². The topological polar surface area (TPSA) is 211 Å². The first-order valence-electron chi connectivity index (χ1n) is 37.0. The summed E-state index contributed by atoms with van der Waals surface area (Å²) in [4.78, 5) is 39.2. The second-order valence-corrected chi connectivity index (χ2v) is 31.1. The summed E-state index contributed by atoms with van der Waals surface area (Å²) in [5.41, 5.74) is 23.4. The van der Waals surface area contributed by atoms with Crippen molar-refractivity contribution < 1.29 is 34.0 Å². The van der Waals surface area contributed by atoms with Crippen LogP contribution in [0.4, 0.5) is 8.78 Å². The van der Waals surface area contributed by atoms with Crippen LogP contribution in [0.2, 0.25) is 0 Å². The molecule has 0 saturated heterocycles. The average Bonchev–Trinajstić information content (AvgIpc) is 1.58.